The first kappa shape index (κ1) is 14.8. The minimum absolute atomic E-state index is 0.0115. The fraction of sp³-hybridized carbons (Fsp3) is 0.400. The highest BCUT2D eigenvalue weighted by Gasteiger charge is 2.28. The average molecular weight is 318 g/mol. The van der Waals surface area contributed by atoms with E-state index in [1.165, 1.54) is 11.3 Å². The van der Waals surface area contributed by atoms with E-state index >= 15 is 0 Å². The van der Waals surface area contributed by atoms with Crippen LogP contribution in [0.15, 0.2) is 29.9 Å². The molecule has 7 heteroatoms. The van der Waals surface area contributed by atoms with Gasteiger partial charge in [-0.2, -0.15) is 0 Å². The number of aryl methyl sites for hydroxylation is 1. The fourth-order valence-corrected chi connectivity index (χ4v) is 3.10. The quantitative estimate of drug-likeness (QED) is 0.941. The summed E-state index contributed by atoms with van der Waals surface area (Å²) in [5.74, 6) is 0.738. The molecule has 2 amide bonds. The van der Waals surface area contributed by atoms with E-state index in [4.69, 9.17) is 4.74 Å². The van der Waals surface area contributed by atoms with E-state index in [0.29, 0.717) is 18.2 Å². The number of carbonyl (C=O) groups excluding carboxylic acids is 1. The Morgan fingerprint density at radius 2 is 2.50 bits per heavy atom. The van der Waals surface area contributed by atoms with Crippen molar-refractivity contribution >= 4 is 22.5 Å². The van der Waals surface area contributed by atoms with E-state index in [1.54, 1.807) is 17.3 Å². The molecule has 1 fully saturated rings. The lowest BCUT2D eigenvalue weighted by atomic mass is 10.3. The maximum Gasteiger partial charge on any atom is 0.323 e. The molecule has 22 heavy (non-hydrogen) atoms. The summed E-state index contributed by atoms with van der Waals surface area (Å²) >= 11 is 1.46. The molecule has 116 valence electrons. The number of nitrogens with zero attached hydrogens (tertiary/aromatic N) is 3. The van der Waals surface area contributed by atoms with Crippen molar-refractivity contribution in [1.82, 2.24) is 14.9 Å². The van der Waals surface area contributed by atoms with Crippen molar-refractivity contribution in [3.05, 3.63) is 35.6 Å². The van der Waals surface area contributed by atoms with Crippen LogP contribution in [0.4, 0.5) is 9.93 Å². The van der Waals surface area contributed by atoms with Gasteiger partial charge in [-0.1, -0.05) is 6.92 Å². The molecule has 6 nitrogen and oxygen atoms in total. The molecule has 3 rings (SSSR count). The number of carbonyl (C=O) groups is 1. The van der Waals surface area contributed by atoms with Gasteiger partial charge in [0.25, 0.3) is 0 Å². The lowest BCUT2D eigenvalue weighted by Crippen LogP contribution is -2.34. The molecule has 0 radical (unpaired) electrons. The number of hydrogen-bond acceptors (Lipinski definition) is 5. The summed E-state index contributed by atoms with van der Waals surface area (Å²) in [6, 6.07) is 3.59. The van der Waals surface area contributed by atoms with Crippen LogP contribution in [0.1, 0.15) is 19.0 Å². The Hall–Kier alpha value is -2.15. The number of urea groups is 1. The summed E-state index contributed by atoms with van der Waals surface area (Å²) in [7, 11) is 0. The molecule has 0 saturated carbocycles. The molecule has 1 aliphatic heterocycles. The summed E-state index contributed by atoms with van der Waals surface area (Å²) in [6.07, 6.45) is 5.10. The smallest absolute Gasteiger partial charge is 0.323 e. The molecular formula is C15H18N4O2S. The van der Waals surface area contributed by atoms with Crippen LogP contribution in [0, 0.1) is 0 Å². The monoisotopic (exact) mass is 318 g/mol. The third-order valence-corrected chi connectivity index (χ3v) is 4.30. The Kier molecular flexibility index (Phi) is 4.53. The number of amides is 2. The van der Waals surface area contributed by atoms with Crippen LogP contribution in [-0.2, 0) is 6.42 Å². The van der Waals surface area contributed by atoms with Crippen LogP contribution < -0.4 is 10.1 Å². The first-order valence-corrected chi connectivity index (χ1v) is 8.19. The zero-order chi connectivity index (χ0) is 15.4. The summed E-state index contributed by atoms with van der Waals surface area (Å²) < 4.78 is 5.83. The largest absolute Gasteiger partial charge is 0.487 e. The van der Waals surface area contributed by atoms with Crippen molar-refractivity contribution in [3.63, 3.8) is 0 Å². The zero-order valence-electron chi connectivity index (χ0n) is 12.4. The minimum Gasteiger partial charge on any atom is -0.487 e. The first-order valence-electron chi connectivity index (χ1n) is 7.31. The lowest BCUT2D eigenvalue weighted by Gasteiger charge is -2.17. The molecule has 0 unspecified atom stereocenters. The molecule has 2 aromatic rings. The third kappa shape index (κ3) is 3.54. The minimum atomic E-state index is -0.116. The second-order valence-corrected chi connectivity index (χ2v) is 5.95. The maximum atomic E-state index is 12.2. The number of likely N-dealkylation sites (tertiary alicyclic amines) is 1. The summed E-state index contributed by atoms with van der Waals surface area (Å²) in [4.78, 5) is 22.4. The van der Waals surface area contributed by atoms with Crippen LogP contribution in [0.3, 0.4) is 0 Å². The highest BCUT2D eigenvalue weighted by atomic mass is 32.1. The van der Waals surface area contributed by atoms with E-state index in [-0.39, 0.29) is 12.1 Å². The van der Waals surface area contributed by atoms with Gasteiger partial charge in [0.05, 0.1) is 18.4 Å². The van der Waals surface area contributed by atoms with Crippen molar-refractivity contribution < 1.29 is 9.53 Å². The Bertz CT molecular complexity index is 631. The van der Waals surface area contributed by atoms with E-state index in [0.717, 1.165) is 24.3 Å². The second kappa shape index (κ2) is 6.74. The molecule has 0 bridgehead atoms. The number of ether oxygens (including phenoxy) is 1. The number of pyridine rings is 1. The predicted octanol–water partition coefficient (Wildman–Crippen LogP) is 2.79. The Morgan fingerprint density at radius 1 is 1.59 bits per heavy atom. The second-order valence-electron chi connectivity index (χ2n) is 5.09. The Balaban J connectivity index is 1.52. The maximum absolute atomic E-state index is 12.2. The van der Waals surface area contributed by atoms with Crippen molar-refractivity contribution in [3.8, 4) is 5.75 Å². The number of aromatic nitrogens is 2. The molecule has 1 N–H and O–H groups in total. The van der Waals surface area contributed by atoms with Gasteiger partial charge >= 0.3 is 6.03 Å². The van der Waals surface area contributed by atoms with Crippen LogP contribution in [-0.4, -0.2) is 40.1 Å². The number of rotatable bonds is 4. The highest BCUT2D eigenvalue weighted by molar-refractivity contribution is 7.13. The van der Waals surface area contributed by atoms with Crippen molar-refractivity contribution in [2.75, 3.05) is 18.4 Å². The third-order valence-electron chi connectivity index (χ3n) is 3.50. The molecular weight excluding hydrogens is 300 g/mol. The van der Waals surface area contributed by atoms with Gasteiger partial charge in [0.15, 0.2) is 5.13 Å². The summed E-state index contributed by atoms with van der Waals surface area (Å²) in [5, 5.41) is 5.47. The zero-order valence-corrected chi connectivity index (χ0v) is 13.2. The lowest BCUT2D eigenvalue weighted by molar-refractivity contribution is 0.194. The Morgan fingerprint density at radius 3 is 3.23 bits per heavy atom. The van der Waals surface area contributed by atoms with E-state index in [1.807, 2.05) is 24.4 Å². The molecule has 0 aliphatic carbocycles. The summed E-state index contributed by atoms with van der Waals surface area (Å²) in [6.45, 7) is 3.30. The van der Waals surface area contributed by atoms with Crippen LogP contribution in [0.25, 0.3) is 0 Å². The molecule has 0 aromatic carbocycles. The molecule has 1 atom stereocenters. The molecule has 3 heterocycles. The molecule has 1 aliphatic rings. The van der Waals surface area contributed by atoms with Crippen LogP contribution >= 0.6 is 11.3 Å². The number of thiazole rings is 1. The van der Waals surface area contributed by atoms with Gasteiger partial charge in [-0.25, -0.2) is 9.78 Å². The molecule has 0 spiro atoms. The number of hydrogen-bond donors (Lipinski definition) is 1. The van der Waals surface area contributed by atoms with Gasteiger partial charge in [-0.05, 0) is 18.6 Å². The van der Waals surface area contributed by atoms with E-state index in [2.05, 4.69) is 15.3 Å². The van der Waals surface area contributed by atoms with Crippen LogP contribution in [0.5, 0.6) is 5.75 Å². The SMILES string of the molecule is CCc1csc(NC(=O)N2CC[C@@H](Oc3cccnc3)C2)n1. The van der Waals surface area contributed by atoms with Gasteiger partial charge in [-0.3, -0.25) is 10.3 Å². The number of anilines is 1. The van der Waals surface area contributed by atoms with Gasteiger partial charge in [-0.15, -0.1) is 11.3 Å². The molecule has 1 saturated heterocycles. The average Bonchev–Trinajstić information content (AvgIpc) is 3.17. The van der Waals surface area contributed by atoms with E-state index in [9.17, 15) is 4.79 Å². The van der Waals surface area contributed by atoms with Gasteiger partial charge in [0.1, 0.15) is 11.9 Å². The van der Waals surface area contributed by atoms with Gasteiger partial charge < -0.3 is 9.64 Å². The normalized spacial score (nSPS) is 17.5. The first-order chi connectivity index (χ1) is 10.7. The van der Waals surface area contributed by atoms with Crippen molar-refractivity contribution in [2.45, 2.75) is 25.9 Å². The van der Waals surface area contributed by atoms with Crippen molar-refractivity contribution in [2.24, 2.45) is 0 Å². The Labute approximate surface area is 133 Å². The summed E-state index contributed by atoms with van der Waals surface area (Å²) in [5.41, 5.74) is 1.000. The van der Waals surface area contributed by atoms with Gasteiger partial charge in [0, 0.05) is 24.5 Å². The predicted molar refractivity (Wildman–Crippen MR) is 85.4 cm³/mol. The van der Waals surface area contributed by atoms with Crippen LogP contribution in [0.2, 0.25) is 0 Å². The highest BCUT2D eigenvalue weighted by Crippen LogP contribution is 2.20. The number of nitrogens with one attached hydrogen (secondary N) is 1. The van der Waals surface area contributed by atoms with E-state index < -0.39 is 0 Å². The van der Waals surface area contributed by atoms with Gasteiger partial charge in [0.2, 0.25) is 0 Å². The topological polar surface area (TPSA) is 67.4 Å². The fourth-order valence-electron chi connectivity index (χ4n) is 2.32. The van der Waals surface area contributed by atoms with Crippen molar-refractivity contribution in [1.29, 1.82) is 0 Å². The standard InChI is InChI=1S/C15H18N4O2S/c1-2-11-10-22-14(17-11)18-15(20)19-7-5-13(9-19)21-12-4-3-6-16-8-12/h3-4,6,8,10,13H,2,5,7,9H2,1H3,(H,17,18,20)/t13-/m1/s1. The molecule has 2 aromatic heterocycles.